The number of phenols is 1. The minimum absolute atomic E-state index is 0.0562. The Hall–Kier alpha value is -1.31. The van der Waals surface area contributed by atoms with E-state index in [1.54, 1.807) is 19.1 Å². The third kappa shape index (κ3) is 3.37. The van der Waals surface area contributed by atoms with Crippen molar-refractivity contribution in [2.24, 2.45) is 0 Å². The summed E-state index contributed by atoms with van der Waals surface area (Å²) in [6, 6.07) is 3.19. The number of phenolic OH excluding ortho intramolecular Hbond substituents is 1. The minimum atomic E-state index is -0.542. The third-order valence-electron chi connectivity index (χ3n) is 1.74. The number of hydrogen-bond donors (Lipinski definition) is 1. The maximum Gasteiger partial charge on any atom is 0.235 e. The fourth-order valence-corrected chi connectivity index (χ4v) is 1.73. The van der Waals surface area contributed by atoms with E-state index in [9.17, 15) is 15.2 Å². The molecule has 0 amide bonds. The quantitative estimate of drug-likeness (QED) is 0.522. The normalized spacial score (nSPS) is 10.6. The highest BCUT2D eigenvalue weighted by molar-refractivity contribution is 14.1. The molecule has 1 rings (SSSR count). The molecule has 0 unspecified atom stereocenters. The SMILES string of the molecule is CCOc1cc(/C=C\[N+](=O)[O-])cc(I)c1O. The molecule has 0 aliphatic carbocycles. The molecule has 0 radical (unpaired) electrons. The van der Waals surface area contributed by atoms with Gasteiger partial charge in [-0.15, -0.1) is 0 Å². The predicted molar refractivity (Wildman–Crippen MR) is 68.0 cm³/mol. The summed E-state index contributed by atoms with van der Waals surface area (Å²) in [5, 5.41) is 19.8. The van der Waals surface area contributed by atoms with Gasteiger partial charge in [-0.1, -0.05) is 0 Å². The lowest BCUT2D eigenvalue weighted by molar-refractivity contribution is -0.400. The standard InChI is InChI=1S/C10H10INO4/c1-2-16-9-6-7(3-4-12(14)15)5-8(11)10(9)13/h3-6,13H,2H2,1H3/b4-3-. The van der Waals surface area contributed by atoms with Crippen LogP contribution in [0.1, 0.15) is 12.5 Å². The van der Waals surface area contributed by atoms with Gasteiger partial charge in [0.2, 0.25) is 6.20 Å². The molecule has 0 aliphatic heterocycles. The number of ether oxygens (including phenoxy) is 1. The van der Waals surface area contributed by atoms with Crippen LogP contribution >= 0.6 is 22.6 Å². The molecule has 5 nitrogen and oxygen atoms in total. The Morgan fingerprint density at radius 2 is 2.31 bits per heavy atom. The lowest BCUT2D eigenvalue weighted by atomic mass is 10.2. The molecule has 0 heterocycles. The van der Waals surface area contributed by atoms with E-state index < -0.39 is 4.92 Å². The molecule has 0 spiro atoms. The average Bonchev–Trinajstić information content (AvgIpc) is 2.22. The van der Waals surface area contributed by atoms with E-state index in [1.807, 2.05) is 22.6 Å². The Labute approximate surface area is 106 Å². The second-order valence-corrected chi connectivity index (χ2v) is 4.05. The van der Waals surface area contributed by atoms with Crippen LogP contribution in [0.25, 0.3) is 6.08 Å². The van der Waals surface area contributed by atoms with Crippen LogP contribution in [-0.4, -0.2) is 16.6 Å². The highest BCUT2D eigenvalue weighted by Crippen LogP contribution is 2.33. The fraction of sp³-hybridized carbons (Fsp3) is 0.200. The average molecular weight is 335 g/mol. The lowest BCUT2D eigenvalue weighted by Gasteiger charge is -2.08. The van der Waals surface area contributed by atoms with E-state index >= 15 is 0 Å². The summed E-state index contributed by atoms with van der Waals surface area (Å²) < 4.78 is 5.80. The molecule has 16 heavy (non-hydrogen) atoms. The van der Waals surface area contributed by atoms with Crippen molar-refractivity contribution in [2.45, 2.75) is 6.92 Å². The lowest BCUT2D eigenvalue weighted by Crippen LogP contribution is -1.94. The molecule has 0 atom stereocenters. The maximum absolute atomic E-state index is 10.2. The van der Waals surface area contributed by atoms with E-state index in [0.29, 0.717) is 21.5 Å². The van der Waals surface area contributed by atoms with Crippen molar-refractivity contribution in [2.75, 3.05) is 6.61 Å². The van der Waals surface area contributed by atoms with Gasteiger partial charge in [0.1, 0.15) is 0 Å². The highest BCUT2D eigenvalue weighted by Gasteiger charge is 2.08. The van der Waals surface area contributed by atoms with Gasteiger partial charge in [0.25, 0.3) is 0 Å². The molecule has 0 aromatic heterocycles. The molecule has 0 bridgehead atoms. The zero-order chi connectivity index (χ0) is 12.1. The van der Waals surface area contributed by atoms with Crippen LogP contribution in [-0.2, 0) is 0 Å². The number of benzene rings is 1. The van der Waals surface area contributed by atoms with Gasteiger partial charge < -0.3 is 9.84 Å². The number of nitrogens with zero attached hydrogens (tertiary/aromatic N) is 1. The molecule has 1 aromatic carbocycles. The summed E-state index contributed by atoms with van der Waals surface area (Å²) in [7, 11) is 0. The molecular formula is C10H10INO4. The van der Waals surface area contributed by atoms with E-state index in [0.717, 1.165) is 6.20 Å². The van der Waals surface area contributed by atoms with E-state index in [2.05, 4.69) is 0 Å². The monoisotopic (exact) mass is 335 g/mol. The Morgan fingerprint density at radius 1 is 1.62 bits per heavy atom. The molecule has 0 saturated carbocycles. The topological polar surface area (TPSA) is 72.6 Å². The Balaban J connectivity index is 3.08. The van der Waals surface area contributed by atoms with Gasteiger partial charge in [-0.05, 0) is 47.2 Å². The smallest absolute Gasteiger partial charge is 0.235 e. The second-order valence-electron chi connectivity index (χ2n) is 2.88. The predicted octanol–water partition coefficient (Wildman–Crippen LogP) is 2.64. The first kappa shape index (κ1) is 12.8. The van der Waals surface area contributed by atoms with Crippen LogP contribution < -0.4 is 4.74 Å². The van der Waals surface area contributed by atoms with Crippen LogP contribution in [0, 0.1) is 13.7 Å². The number of rotatable bonds is 4. The molecule has 0 saturated heterocycles. The van der Waals surface area contributed by atoms with E-state index in [4.69, 9.17) is 4.74 Å². The Kier molecular flexibility index (Phi) is 4.53. The minimum Gasteiger partial charge on any atom is -0.504 e. The van der Waals surface area contributed by atoms with Gasteiger partial charge in [-0.2, -0.15) is 0 Å². The van der Waals surface area contributed by atoms with Crippen molar-refractivity contribution in [1.29, 1.82) is 0 Å². The Bertz CT molecular complexity index is 431. The number of aromatic hydroxyl groups is 1. The summed E-state index contributed by atoms with van der Waals surface area (Å²) in [6.07, 6.45) is 2.20. The van der Waals surface area contributed by atoms with Gasteiger partial charge in [-0.25, -0.2) is 0 Å². The zero-order valence-corrected chi connectivity index (χ0v) is 10.7. The first-order valence-electron chi connectivity index (χ1n) is 4.51. The van der Waals surface area contributed by atoms with Gasteiger partial charge in [-0.3, -0.25) is 10.1 Å². The second kappa shape index (κ2) is 5.69. The summed E-state index contributed by atoms with van der Waals surface area (Å²) >= 11 is 1.94. The highest BCUT2D eigenvalue weighted by atomic mass is 127. The number of nitro groups is 1. The summed E-state index contributed by atoms with van der Waals surface area (Å²) in [4.78, 5) is 9.63. The molecule has 0 aliphatic rings. The summed E-state index contributed by atoms with van der Waals surface area (Å²) in [6.45, 7) is 2.22. The largest absolute Gasteiger partial charge is 0.504 e. The van der Waals surface area contributed by atoms with Gasteiger partial charge >= 0.3 is 0 Å². The van der Waals surface area contributed by atoms with E-state index in [-0.39, 0.29) is 5.75 Å². The van der Waals surface area contributed by atoms with Crippen molar-refractivity contribution < 1.29 is 14.8 Å². The van der Waals surface area contributed by atoms with Crippen LogP contribution in [0.5, 0.6) is 11.5 Å². The van der Waals surface area contributed by atoms with Gasteiger partial charge in [0, 0.05) is 6.08 Å². The van der Waals surface area contributed by atoms with Crippen molar-refractivity contribution in [3.8, 4) is 11.5 Å². The molecule has 1 N–H and O–H groups in total. The molecular weight excluding hydrogens is 325 g/mol. The molecule has 1 aromatic rings. The summed E-state index contributed by atoms with van der Waals surface area (Å²) in [5.41, 5.74) is 0.613. The van der Waals surface area contributed by atoms with Crippen molar-refractivity contribution in [3.63, 3.8) is 0 Å². The zero-order valence-electron chi connectivity index (χ0n) is 8.51. The maximum atomic E-state index is 10.2. The first-order chi connectivity index (χ1) is 7.54. The number of halogens is 1. The van der Waals surface area contributed by atoms with Crippen LogP contribution in [0.4, 0.5) is 0 Å². The first-order valence-corrected chi connectivity index (χ1v) is 5.59. The molecule has 6 heteroatoms. The molecule has 86 valence electrons. The van der Waals surface area contributed by atoms with Crippen LogP contribution in [0.3, 0.4) is 0 Å². The van der Waals surface area contributed by atoms with Gasteiger partial charge in [0.15, 0.2) is 11.5 Å². The van der Waals surface area contributed by atoms with Gasteiger partial charge in [0.05, 0.1) is 15.1 Å². The van der Waals surface area contributed by atoms with Crippen molar-refractivity contribution >= 4 is 28.7 Å². The summed E-state index contributed by atoms with van der Waals surface area (Å²) in [5.74, 6) is 0.387. The van der Waals surface area contributed by atoms with Crippen molar-refractivity contribution in [3.05, 3.63) is 37.6 Å². The van der Waals surface area contributed by atoms with Crippen LogP contribution in [0.15, 0.2) is 18.3 Å². The van der Waals surface area contributed by atoms with E-state index in [1.165, 1.54) is 6.08 Å². The fourth-order valence-electron chi connectivity index (χ4n) is 1.10. The third-order valence-corrected chi connectivity index (χ3v) is 2.56. The number of hydrogen-bond acceptors (Lipinski definition) is 4. The van der Waals surface area contributed by atoms with Crippen LogP contribution in [0.2, 0.25) is 0 Å². The van der Waals surface area contributed by atoms with Crippen molar-refractivity contribution in [1.82, 2.24) is 0 Å². The molecule has 0 fully saturated rings. The Morgan fingerprint density at radius 3 is 2.88 bits per heavy atom.